The first-order valence-electron chi connectivity index (χ1n) is 4.10. The molecule has 6 heteroatoms. The maximum absolute atomic E-state index is 7.50. The second-order valence-electron chi connectivity index (χ2n) is 2.21. The summed E-state index contributed by atoms with van der Waals surface area (Å²) in [6, 6.07) is 9.82. The second-order valence-corrected chi connectivity index (χ2v) is 2.21. The molecule has 0 unspecified atom stereocenters. The molecule has 0 aliphatic rings. The van der Waals surface area contributed by atoms with Crippen LogP contribution >= 0.6 is 0 Å². The zero-order valence-electron chi connectivity index (χ0n) is 9.91. The normalized spacial score (nSPS) is 6.72. The summed E-state index contributed by atoms with van der Waals surface area (Å²) in [6.07, 6.45) is -0.240. The molecule has 0 atom stereocenters. The van der Waals surface area contributed by atoms with Crippen LogP contribution in [0.1, 0.15) is 11.9 Å². The van der Waals surface area contributed by atoms with Crippen molar-refractivity contribution in [2.75, 3.05) is 14.2 Å². The van der Waals surface area contributed by atoms with Crippen molar-refractivity contribution < 1.29 is 40.8 Å². The van der Waals surface area contributed by atoms with Gasteiger partial charge in [-0.15, -0.1) is 0 Å². The van der Waals surface area contributed by atoms with Crippen LogP contribution in [0.25, 0.3) is 0 Å². The average Bonchev–Trinajstić information content (AvgIpc) is 2.48. The first kappa shape index (κ1) is 25.7. The Kier molecular flexibility index (Phi) is 35.5. The molecule has 1 aromatic rings. The number of benzene rings is 1. The van der Waals surface area contributed by atoms with Crippen LogP contribution in [0.4, 0.5) is 0 Å². The Morgan fingerprint density at radius 1 is 0.833 bits per heavy atom. The molecule has 0 aliphatic carbocycles. The molecular formula is C12H12CrO5+6. The summed E-state index contributed by atoms with van der Waals surface area (Å²) in [5.74, 6) is 0. The quantitative estimate of drug-likeness (QED) is 0.483. The van der Waals surface area contributed by atoms with Crippen molar-refractivity contribution in [2.45, 2.75) is 6.29 Å². The first-order valence-corrected chi connectivity index (χ1v) is 4.10. The van der Waals surface area contributed by atoms with E-state index in [1.165, 1.54) is 0 Å². The Bertz CT molecular complexity index is 289. The van der Waals surface area contributed by atoms with Gasteiger partial charge < -0.3 is 9.47 Å². The minimum Gasteiger partial charge on any atom is 6.00 e. The van der Waals surface area contributed by atoms with E-state index >= 15 is 0 Å². The summed E-state index contributed by atoms with van der Waals surface area (Å²) >= 11 is 0. The topological polar surface area (TPSA) is 78.2 Å². The molecule has 0 saturated heterocycles. The molecule has 0 heterocycles. The summed E-state index contributed by atoms with van der Waals surface area (Å²) in [5, 5.41) is 0. The molecule has 0 amide bonds. The summed E-state index contributed by atoms with van der Waals surface area (Å²) in [7, 11) is 3.25. The van der Waals surface area contributed by atoms with E-state index in [-0.39, 0.29) is 23.7 Å². The van der Waals surface area contributed by atoms with Gasteiger partial charge in [-0.3, -0.25) is 0 Å². The van der Waals surface area contributed by atoms with E-state index in [9.17, 15) is 0 Å². The van der Waals surface area contributed by atoms with Crippen molar-refractivity contribution in [1.82, 2.24) is 0 Å². The van der Waals surface area contributed by atoms with Crippen LogP contribution < -0.4 is 0 Å². The Morgan fingerprint density at radius 2 is 1.17 bits per heavy atom. The van der Waals surface area contributed by atoms with E-state index in [4.69, 9.17) is 23.4 Å². The Labute approximate surface area is 117 Å². The number of hydrogen-bond acceptors (Lipinski definition) is 2. The van der Waals surface area contributed by atoms with Gasteiger partial charge >= 0.3 is 51.3 Å². The third-order valence-electron chi connectivity index (χ3n) is 1.50. The maximum Gasteiger partial charge on any atom is 6.00 e. The smallest absolute Gasteiger partial charge is 6.00 e. The summed E-state index contributed by atoms with van der Waals surface area (Å²) in [5.41, 5.74) is 1.04. The standard InChI is InChI=1S/C9H12O2.3CO.Cr/c1-10-9(11-2)8-6-4-3-5-7-8;3*1-2;/h3-7,9H,1-2H3;;;;/q;;;;+6. The van der Waals surface area contributed by atoms with Gasteiger partial charge in [0.05, 0.1) is 0 Å². The van der Waals surface area contributed by atoms with Crippen LogP contribution in [0.2, 0.25) is 0 Å². The summed E-state index contributed by atoms with van der Waals surface area (Å²) < 4.78 is 32.6. The number of rotatable bonds is 3. The second kappa shape index (κ2) is 24.9. The van der Waals surface area contributed by atoms with Gasteiger partial charge in [-0.1, -0.05) is 30.3 Å². The molecule has 0 spiro atoms. The van der Waals surface area contributed by atoms with Crippen molar-refractivity contribution in [3.63, 3.8) is 0 Å². The first-order chi connectivity index (χ1) is 8.38. The molecule has 0 bridgehead atoms. The Hall–Kier alpha value is -1.11. The Balaban J connectivity index is -0.000000123. The zero-order chi connectivity index (χ0) is 14.1. The van der Waals surface area contributed by atoms with Crippen molar-refractivity contribution >= 4 is 0 Å². The molecule has 0 aliphatic heterocycles. The predicted octanol–water partition coefficient (Wildman–Crippen LogP) is 1.86. The number of ether oxygens (including phenoxy) is 2. The van der Waals surface area contributed by atoms with Crippen LogP contribution in [0.15, 0.2) is 30.3 Å². The van der Waals surface area contributed by atoms with Crippen molar-refractivity contribution in [2.24, 2.45) is 0 Å². The fourth-order valence-corrected chi connectivity index (χ4v) is 0.979. The van der Waals surface area contributed by atoms with Gasteiger partial charge in [-0.25, -0.2) is 0 Å². The molecule has 0 saturated carbocycles. The third kappa shape index (κ3) is 13.0. The fraction of sp³-hybridized carbons (Fsp3) is 0.250. The fourth-order valence-electron chi connectivity index (χ4n) is 0.979. The van der Waals surface area contributed by atoms with Crippen LogP contribution in [0.3, 0.4) is 0 Å². The SMILES string of the molecule is COC(OC)c1ccccc1.[C-]#[O+].[C-]#[O+].[C-]#[O+].[Cr+6]. The molecule has 1 rings (SSSR count). The average molecular weight is 288 g/mol. The monoisotopic (exact) mass is 288 g/mol. The van der Waals surface area contributed by atoms with Crippen LogP contribution in [0, 0.1) is 20.0 Å². The van der Waals surface area contributed by atoms with E-state index in [0.717, 1.165) is 5.56 Å². The molecular weight excluding hydrogens is 276 g/mol. The van der Waals surface area contributed by atoms with Gasteiger partial charge in [0.15, 0.2) is 6.29 Å². The van der Waals surface area contributed by atoms with E-state index in [0.29, 0.717) is 0 Å². The molecule has 18 heavy (non-hydrogen) atoms. The van der Waals surface area contributed by atoms with E-state index < -0.39 is 0 Å². The molecule has 1 aromatic carbocycles. The molecule has 0 fully saturated rings. The van der Waals surface area contributed by atoms with Crippen LogP contribution in [-0.2, 0) is 40.8 Å². The summed E-state index contributed by atoms with van der Waals surface area (Å²) in [6.45, 7) is 13.5. The minimum absolute atomic E-state index is 0. The van der Waals surface area contributed by atoms with Crippen LogP contribution in [-0.4, -0.2) is 14.2 Å². The molecule has 0 radical (unpaired) electrons. The maximum atomic E-state index is 7.50. The third-order valence-corrected chi connectivity index (χ3v) is 1.50. The van der Waals surface area contributed by atoms with Crippen molar-refractivity contribution in [3.05, 3.63) is 55.8 Å². The van der Waals surface area contributed by atoms with Gasteiger partial charge in [0.25, 0.3) is 0 Å². The molecule has 0 N–H and O–H groups in total. The molecule has 5 nitrogen and oxygen atoms in total. The van der Waals surface area contributed by atoms with Gasteiger partial charge in [0, 0.05) is 19.8 Å². The van der Waals surface area contributed by atoms with E-state index in [2.05, 4.69) is 20.0 Å². The number of hydrogen-bond donors (Lipinski definition) is 0. The Morgan fingerprint density at radius 3 is 1.44 bits per heavy atom. The van der Waals surface area contributed by atoms with Gasteiger partial charge in [0.2, 0.25) is 0 Å². The van der Waals surface area contributed by atoms with Gasteiger partial charge in [-0.05, 0) is 0 Å². The summed E-state index contributed by atoms with van der Waals surface area (Å²) in [4.78, 5) is 0. The molecule has 90 valence electrons. The van der Waals surface area contributed by atoms with Gasteiger partial charge in [0.1, 0.15) is 0 Å². The minimum atomic E-state index is -0.240. The largest absolute Gasteiger partial charge is 6.00 e. The molecule has 0 aromatic heterocycles. The zero-order valence-corrected chi connectivity index (χ0v) is 11.2. The van der Waals surface area contributed by atoms with Crippen molar-refractivity contribution in [3.8, 4) is 0 Å². The van der Waals surface area contributed by atoms with Crippen LogP contribution in [0.5, 0.6) is 0 Å². The van der Waals surface area contributed by atoms with E-state index in [1.54, 1.807) is 14.2 Å². The van der Waals surface area contributed by atoms with Gasteiger partial charge in [-0.2, -0.15) is 0 Å². The van der Waals surface area contributed by atoms with Crippen molar-refractivity contribution in [1.29, 1.82) is 0 Å². The number of methoxy groups -OCH3 is 2. The van der Waals surface area contributed by atoms with E-state index in [1.807, 2.05) is 30.3 Å². The predicted molar refractivity (Wildman–Crippen MR) is 55.0 cm³/mol.